The fraction of sp³-hybridized carbons (Fsp3) is 0.600. The summed E-state index contributed by atoms with van der Waals surface area (Å²) in [7, 11) is 1.43. The van der Waals surface area contributed by atoms with Gasteiger partial charge in [0, 0.05) is 6.42 Å². The summed E-state index contributed by atoms with van der Waals surface area (Å²) in [5.41, 5.74) is 0. The summed E-state index contributed by atoms with van der Waals surface area (Å²) in [6, 6.07) is 0. The van der Waals surface area contributed by atoms with Gasteiger partial charge in [0.25, 0.3) is 0 Å². The molecule has 0 unspecified atom stereocenters. The van der Waals surface area contributed by atoms with Gasteiger partial charge < -0.3 is 9.84 Å². The molecule has 0 saturated heterocycles. The summed E-state index contributed by atoms with van der Waals surface area (Å²) in [6.07, 6.45) is 0.369. The zero-order valence-electron chi connectivity index (χ0n) is 5.09. The molecule has 0 aromatic rings. The van der Waals surface area contributed by atoms with Gasteiger partial charge in [-0.2, -0.15) is 0 Å². The first-order valence-electron chi connectivity index (χ1n) is 2.45. The van der Waals surface area contributed by atoms with Crippen molar-refractivity contribution in [2.45, 2.75) is 12.8 Å². The first-order chi connectivity index (χ1) is 4.16. The number of thiocarbonyl (C=S) groups is 1. The first-order valence-corrected chi connectivity index (χ1v) is 2.86. The van der Waals surface area contributed by atoms with E-state index in [1.54, 1.807) is 0 Å². The van der Waals surface area contributed by atoms with Gasteiger partial charge in [0.2, 0.25) is 0 Å². The second kappa shape index (κ2) is 4.26. The number of hydrogen-bond acceptors (Lipinski definition) is 3. The number of rotatable bonds is 3. The molecule has 0 aliphatic rings. The maximum atomic E-state index is 9.90. The van der Waals surface area contributed by atoms with Gasteiger partial charge in [-0.05, 0) is 12.2 Å². The Kier molecular flexibility index (Phi) is 3.96. The zero-order valence-corrected chi connectivity index (χ0v) is 5.90. The highest BCUT2D eigenvalue weighted by atomic mass is 32.1. The van der Waals surface area contributed by atoms with Crippen LogP contribution in [-0.2, 0) is 9.53 Å². The lowest BCUT2D eigenvalue weighted by atomic mass is 10.3. The van der Waals surface area contributed by atoms with Crippen LogP contribution in [0.2, 0.25) is 0 Å². The van der Waals surface area contributed by atoms with E-state index in [-0.39, 0.29) is 6.42 Å². The fourth-order valence-electron chi connectivity index (χ4n) is 0.311. The van der Waals surface area contributed by atoms with Crippen molar-refractivity contribution in [3.05, 3.63) is 0 Å². The Labute approximate surface area is 58.6 Å². The quantitative estimate of drug-likeness (QED) is 0.602. The fourth-order valence-corrected chi connectivity index (χ4v) is 0.413. The molecule has 0 aliphatic carbocycles. The Morgan fingerprint density at radius 1 is 1.67 bits per heavy atom. The summed E-state index contributed by atoms with van der Waals surface area (Å²) < 4.78 is 4.57. The summed E-state index contributed by atoms with van der Waals surface area (Å²) >= 11 is 4.59. The third-order valence-corrected chi connectivity index (χ3v) is 1.14. The van der Waals surface area contributed by atoms with Crippen LogP contribution in [0.1, 0.15) is 12.8 Å². The molecule has 4 heteroatoms. The molecule has 0 heterocycles. The number of hydrogen-bond donors (Lipinski definition) is 1. The molecule has 9 heavy (non-hydrogen) atoms. The number of ether oxygens (including phenoxy) is 1. The molecule has 52 valence electrons. The molecule has 0 radical (unpaired) electrons. The maximum absolute atomic E-state index is 9.90. The van der Waals surface area contributed by atoms with Crippen molar-refractivity contribution < 1.29 is 14.6 Å². The SMILES string of the molecule is COC(=S)CCC(=O)O. The van der Waals surface area contributed by atoms with Crippen molar-refractivity contribution in [1.82, 2.24) is 0 Å². The van der Waals surface area contributed by atoms with Gasteiger partial charge in [-0.15, -0.1) is 0 Å². The molecular formula is C5H8O3S. The van der Waals surface area contributed by atoms with E-state index in [0.717, 1.165) is 0 Å². The van der Waals surface area contributed by atoms with Gasteiger partial charge in [-0.3, -0.25) is 4.79 Å². The molecule has 0 saturated carbocycles. The Morgan fingerprint density at radius 2 is 2.22 bits per heavy atom. The maximum Gasteiger partial charge on any atom is 0.303 e. The lowest BCUT2D eigenvalue weighted by molar-refractivity contribution is -0.136. The Balaban J connectivity index is 3.28. The summed E-state index contributed by atoms with van der Waals surface area (Å²) in [5, 5.41) is 8.49. The monoisotopic (exact) mass is 148 g/mol. The molecule has 0 aliphatic heterocycles. The normalized spacial score (nSPS) is 8.56. The molecule has 0 aromatic heterocycles. The van der Waals surface area contributed by atoms with E-state index >= 15 is 0 Å². The van der Waals surface area contributed by atoms with E-state index in [1.807, 2.05) is 0 Å². The predicted octanol–water partition coefficient (Wildman–Crippen LogP) is 0.825. The van der Waals surface area contributed by atoms with E-state index in [1.165, 1.54) is 7.11 Å². The minimum absolute atomic E-state index is 0.0483. The minimum atomic E-state index is -0.852. The molecule has 0 atom stereocenters. The molecule has 0 amide bonds. The molecular weight excluding hydrogens is 140 g/mol. The molecule has 0 spiro atoms. The highest BCUT2D eigenvalue weighted by molar-refractivity contribution is 7.80. The van der Waals surface area contributed by atoms with E-state index < -0.39 is 5.97 Å². The highest BCUT2D eigenvalue weighted by Crippen LogP contribution is 1.92. The van der Waals surface area contributed by atoms with Crippen LogP contribution >= 0.6 is 12.2 Å². The van der Waals surface area contributed by atoms with Crippen molar-refractivity contribution in [2.24, 2.45) is 0 Å². The average molecular weight is 148 g/mol. The number of carboxylic acids is 1. The van der Waals surface area contributed by atoms with Crippen LogP contribution in [0, 0.1) is 0 Å². The van der Waals surface area contributed by atoms with Gasteiger partial charge in [0.1, 0.15) is 0 Å². The third kappa shape index (κ3) is 5.23. The second-order valence-corrected chi connectivity index (χ2v) is 1.93. The van der Waals surface area contributed by atoms with Crippen LogP contribution in [0.3, 0.4) is 0 Å². The van der Waals surface area contributed by atoms with E-state index in [9.17, 15) is 4.79 Å². The number of aliphatic carboxylic acids is 1. The Morgan fingerprint density at radius 3 is 2.56 bits per heavy atom. The van der Waals surface area contributed by atoms with Gasteiger partial charge in [-0.1, -0.05) is 0 Å². The van der Waals surface area contributed by atoms with Crippen LogP contribution < -0.4 is 0 Å². The molecule has 0 fully saturated rings. The summed E-state index contributed by atoms with van der Waals surface area (Å²) in [6.45, 7) is 0. The molecule has 0 aromatic carbocycles. The first kappa shape index (κ1) is 8.36. The van der Waals surface area contributed by atoms with E-state index in [4.69, 9.17) is 5.11 Å². The molecule has 3 nitrogen and oxygen atoms in total. The van der Waals surface area contributed by atoms with Gasteiger partial charge in [-0.25, -0.2) is 0 Å². The van der Waals surface area contributed by atoms with Gasteiger partial charge in [0.15, 0.2) is 5.05 Å². The largest absolute Gasteiger partial charge is 0.490 e. The molecule has 0 rings (SSSR count). The lowest BCUT2D eigenvalue weighted by Crippen LogP contribution is -2.02. The Hall–Kier alpha value is -0.640. The molecule has 0 bridgehead atoms. The van der Waals surface area contributed by atoms with Crippen molar-refractivity contribution in [3.8, 4) is 0 Å². The highest BCUT2D eigenvalue weighted by Gasteiger charge is 1.99. The van der Waals surface area contributed by atoms with Gasteiger partial charge >= 0.3 is 5.97 Å². The standard InChI is InChI=1S/C5H8O3S/c1-8-5(9)3-2-4(6)7/h2-3H2,1H3,(H,6,7). The minimum Gasteiger partial charge on any atom is -0.490 e. The predicted molar refractivity (Wildman–Crippen MR) is 36.5 cm³/mol. The smallest absolute Gasteiger partial charge is 0.303 e. The van der Waals surface area contributed by atoms with Crippen LogP contribution in [0.5, 0.6) is 0 Å². The third-order valence-electron chi connectivity index (χ3n) is 0.771. The number of methoxy groups -OCH3 is 1. The second-order valence-electron chi connectivity index (χ2n) is 1.47. The summed E-state index contributed by atoms with van der Waals surface area (Å²) in [4.78, 5) is 9.90. The van der Waals surface area contributed by atoms with Crippen molar-refractivity contribution in [1.29, 1.82) is 0 Å². The van der Waals surface area contributed by atoms with Crippen LogP contribution in [0.15, 0.2) is 0 Å². The molecule has 1 N–H and O–H groups in total. The van der Waals surface area contributed by atoms with Crippen LogP contribution in [0.25, 0.3) is 0 Å². The Bertz CT molecular complexity index is 121. The average Bonchev–Trinajstić information content (AvgIpc) is 1.83. The van der Waals surface area contributed by atoms with E-state index in [0.29, 0.717) is 11.5 Å². The zero-order chi connectivity index (χ0) is 7.28. The van der Waals surface area contributed by atoms with Crippen molar-refractivity contribution >= 4 is 23.2 Å². The van der Waals surface area contributed by atoms with Crippen LogP contribution in [0.4, 0.5) is 0 Å². The topological polar surface area (TPSA) is 46.5 Å². The van der Waals surface area contributed by atoms with E-state index in [2.05, 4.69) is 17.0 Å². The number of carboxylic acid groups (broad SMARTS) is 1. The number of carbonyl (C=O) groups is 1. The van der Waals surface area contributed by atoms with Crippen molar-refractivity contribution in [3.63, 3.8) is 0 Å². The lowest BCUT2D eigenvalue weighted by Gasteiger charge is -1.96. The van der Waals surface area contributed by atoms with Gasteiger partial charge in [0.05, 0.1) is 13.5 Å². The van der Waals surface area contributed by atoms with Crippen LogP contribution in [-0.4, -0.2) is 23.2 Å². The van der Waals surface area contributed by atoms with Crippen molar-refractivity contribution in [2.75, 3.05) is 7.11 Å². The summed E-state index contributed by atoms with van der Waals surface area (Å²) in [5.74, 6) is -0.852.